The summed E-state index contributed by atoms with van der Waals surface area (Å²) in [5.74, 6) is -2.36. The Morgan fingerprint density at radius 2 is 2.19 bits per heavy atom. The lowest BCUT2D eigenvalue weighted by Gasteiger charge is -2.11. The van der Waals surface area contributed by atoms with Crippen molar-refractivity contribution in [2.45, 2.75) is 12.5 Å². The highest BCUT2D eigenvalue weighted by molar-refractivity contribution is 5.94. The molecular weight excluding hydrogens is 281 g/mol. The van der Waals surface area contributed by atoms with Crippen LogP contribution in [0, 0.1) is 5.82 Å². The van der Waals surface area contributed by atoms with Crippen molar-refractivity contribution in [1.82, 2.24) is 5.32 Å². The molecule has 0 bridgehead atoms. The minimum absolute atomic E-state index is 0.0884. The van der Waals surface area contributed by atoms with E-state index >= 15 is 0 Å². The summed E-state index contributed by atoms with van der Waals surface area (Å²) in [4.78, 5) is 22.4. The third-order valence-corrected chi connectivity index (χ3v) is 2.64. The van der Waals surface area contributed by atoms with Crippen molar-refractivity contribution >= 4 is 18.0 Å². The summed E-state index contributed by atoms with van der Waals surface area (Å²) in [6.07, 6.45) is 2.34. The lowest BCUT2D eigenvalue weighted by molar-refractivity contribution is -0.141. The van der Waals surface area contributed by atoms with Gasteiger partial charge in [0.1, 0.15) is 6.04 Å². The number of aliphatic carboxylic acids is 1. The van der Waals surface area contributed by atoms with Gasteiger partial charge in [-0.2, -0.15) is 0 Å². The summed E-state index contributed by atoms with van der Waals surface area (Å²) in [6.45, 7) is -0.356. The summed E-state index contributed by atoms with van der Waals surface area (Å²) < 4.78 is 18.2. The molecular formula is C14H16FNO5. The Bertz CT molecular complexity index is 544. The Hall–Kier alpha value is -2.41. The number of carbonyl (C=O) groups excluding carboxylic acids is 1. The first kappa shape index (κ1) is 16.6. The molecule has 0 saturated carbocycles. The van der Waals surface area contributed by atoms with Gasteiger partial charge in [0.25, 0.3) is 0 Å². The predicted octanol–water partition coefficient (Wildman–Crippen LogP) is 0.799. The van der Waals surface area contributed by atoms with E-state index in [1.807, 2.05) is 0 Å². The average Bonchev–Trinajstić information content (AvgIpc) is 2.44. The largest absolute Gasteiger partial charge is 0.494 e. The van der Waals surface area contributed by atoms with Crippen molar-refractivity contribution in [3.05, 3.63) is 35.7 Å². The molecule has 0 saturated heterocycles. The number of carboxylic acids is 1. The highest BCUT2D eigenvalue weighted by atomic mass is 19.1. The summed E-state index contributed by atoms with van der Waals surface area (Å²) in [7, 11) is 1.34. The number of nitrogens with one attached hydrogen (secondary N) is 1. The number of carbonyl (C=O) groups is 2. The summed E-state index contributed by atoms with van der Waals surface area (Å²) in [6, 6.07) is 2.98. The van der Waals surface area contributed by atoms with Crippen LogP contribution in [-0.4, -0.2) is 41.8 Å². The second-order valence-electron chi connectivity index (χ2n) is 4.14. The van der Waals surface area contributed by atoms with E-state index in [9.17, 15) is 14.0 Å². The zero-order valence-electron chi connectivity index (χ0n) is 11.4. The first-order chi connectivity index (χ1) is 9.97. The van der Waals surface area contributed by atoms with Crippen LogP contribution in [0.2, 0.25) is 0 Å². The van der Waals surface area contributed by atoms with Gasteiger partial charge in [-0.3, -0.25) is 4.79 Å². The molecule has 6 nitrogen and oxygen atoms in total. The first-order valence-corrected chi connectivity index (χ1v) is 6.13. The fraction of sp³-hybridized carbons (Fsp3) is 0.286. The normalized spacial score (nSPS) is 12.1. The van der Waals surface area contributed by atoms with Gasteiger partial charge in [-0.25, -0.2) is 9.18 Å². The number of halogens is 1. The number of amides is 1. The highest BCUT2D eigenvalue weighted by Crippen LogP contribution is 2.18. The topological polar surface area (TPSA) is 95.9 Å². The lowest BCUT2D eigenvalue weighted by Crippen LogP contribution is -2.40. The van der Waals surface area contributed by atoms with Crippen molar-refractivity contribution in [2.24, 2.45) is 0 Å². The van der Waals surface area contributed by atoms with Crippen molar-refractivity contribution in [1.29, 1.82) is 0 Å². The molecule has 114 valence electrons. The van der Waals surface area contributed by atoms with Crippen molar-refractivity contribution in [3.8, 4) is 5.75 Å². The van der Waals surface area contributed by atoms with E-state index in [2.05, 4.69) is 5.32 Å². The Labute approximate surface area is 120 Å². The number of carboxylic acid groups (broad SMARTS) is 1. The number of aliphatic hydroxyl groups excluding tert-OH is 1. The van der Waals surface area contributed by atoms with Gasteiger partial charge in [-0.05, 0) is 23.8 Å². The van der Waals surface area contributed by atoms with Crippen LogP contribution in [0.1, 0.15) is 12.0 Å². The smallest absolute Gasteiger partial charge is 0.326 e. The molecule has 0 spiro atoms. The van der Waals surface area contributed by atoms with Crippen LogP contribution in [0.4, 0.5) is 4.39 Å². The number of rotatable bonds is 7. The van der Waals surface area contributed by atoms with Gasteiger partial charge >= 0.3 is 5.97 Å². The molecule has 21 heavy (non-hydrogen) atoms. The number of ether oxygens (including phenoxy) is 1. The first-order valence-electron chi connectivity index (χ1n) is 6.13. The van der Waals surface area contributed by atoms with Crippen LogP contribution in [-0.2, 0) is 9.59 Å². The molecule has 1 amide bonds. The summed E-state index contributed by atoms with van der Waals surface area (Å²) >= 11 is 0. The Morgan fingerprint density at radius 1 is 1.48 bits per heavy atom. The average molecular weight is 297 g/mol. The molecule has 7 heteroatoms. The second kappa shape index (κ2) is 8.01. The fourth-order valence-electron chi connectivity index (χ4n) is 1.56. The zero-order valence-corrected chi connectivity index (χ0v) is 11.4. The molecule has 1 aromatic rings. The van der Waals surface area contributed by atoms with E-state index in [0.717, 1.165) is 6.08 Å². The van der Waals surface area contributed by atoms with Crippen LogP contribution in [0.15, 0.2) is 24.3 Å². The van der Waals surface area contributed by atoms with E-state index in [-0.39, 0.29) is 18.8 Å². The van der Waals surface area contributed by atoms with Crippen molar-refractivity contribution in [2.75, 3.05) is 13.7 Å². The lowest BCUT2D eigenvalue weighted by atomic mass is 10.2. The van der Waals surface area contributed by atoms with Crippen molar-refractivity contribution in [3.63, 3.8) is 0 Å². The summed E-state index contributed by atoms with van der Waals surface area (Å²) in [5.41, 5.74) is 0.428. The molecule has 0 radical (unpaired) electrons. The maximum Gasteiger partial charge on any atom is 0.326 e. The van der Waals surface area contributed by atoms with Gasteiger partial charge in [0.2, 0.25) is 5.91 Å². The van der Waals surface area contributed by atoms with Crippen LogP contribution in [0.25, 0.3) is 6.08 Å². The van der Waals surface area contributed by atoms with Gasteiger partial charge in [0, 0.05) is 19.1 Å². The van der Waals surface area contributed by atoms with Gasteiger partial charge in [-0.15, -0.1) is 0 Å². The van der Waals surface area contributed by atoms with Crippen LogP contribution in [0.5, 0.6) is 5.75 Å². The third-order valence-electron chi connectivity index (χ3n) is 2.64. The van der Waals surface area contributed by atoms with Crippen LogP contribution < -0.4 is 10.1 Å². The standard InChI is InChI=1S/C14H16FNO5/c1-21-12-4-2-9(8-10(12)15)3-5-13(18)16-11(6-7-17)14(19)20/h2-5,8,11,17H,6-7H2,1H3,(H,16,18)(H,19,20)/b5-3+. The monoisotopic (exact) mass is 297 g/mol. The fourth-order valence-corrected chi connectivity index (χ4v) is 1.56. The molecule has 1 rings (SSSR count). The molecule has 0 aromatic heterocycles. The van der Waals surface area contributed by atoms with Gasteiger partial charge in [-0.1, -0.05) is 6.07 Å². The molecule has 1 unspecified atom stereocenters. The maximum absolute atomic E-state index is 13.4. The molecule has 0 aliphatic rings. The molecule has 0 aliphatic heterocycles. The van der Waals surface area contributed by atoms with Gasteiger partial charge in [0.05, 0.1) is 7.11 Å². The number of benzene rings is 1. The number of hydrogen-bond donors (Lipinski definition) is 3. The minimum Gasteiger partial charge on any atom is -0.494 e. The predicted molar refractivity (Wildman–Crippen MR) is 73.3 cm³/mol. The van der Waals surface area contributed by atoms with Crippen LogP contribution in [0.3, 0.4) is 0 Å². The quantitative estimate of drug-likeness (QED) is 0.647. The SMILES string of the molecule is COc1ccc(/C=C/C(=O)NC(CCO)C(=O)O)cc1F. The Morgan fingerprint density at radius 3 is 2.71 bits per heavy atom. The Balaban J connectivity index is 2.69. The molecule has 1 atom stereocenters. The van der Waals surface area contributed by atoms with E-state index in [0.29, 0.717) is 5.56 Å². The number of hydrogen-bond acceptors (Lipinski definition) is 4. The molecule has 0 aliphatic carbocycles. The van der Waals surface area contributed by atoms with E-state index in [1.165, 1.54) is 25.3 Å². The maximum atomic E-state index is 13.4. The van der Waals surface area contributed by atoms with Gasteiger partial charge in [0.15, 0.2) is 11.6 Å². The van der Waals surface area contributed by atoms with E-state index in [1.54, 1.807) is 6.07 Å². The molecule has 0 heterocycles. The minimum atomic E-state index is -1.23. The molecule has 0 fully saturated rings. The highest BCUT2D eigenvalue weighted by Gasteiger charge is 2.17. The third kappa shape index (κ3) is 5.23. The summed E-state index contributed by atoms with van der Waals surface area (Å²) in [5, 5.41) is 19.7. The number of aliphatic hydroxyl groups is 1. The zero-order chi connectivity index (χ0) is 15.8. The van der Waals surface area contributed by atoms with Gasteiger partial charge < -0.3 is 20.3 Å². The van der Waals surface area contributed by atoms with Crippen molar-refractivity contribution < 1.29 is 28.9 Å². The van der Waals surface area contributed by atoms with Crippen LogP contribution >= 0.6 is 0 Å². The van der Waals surface area contributed by atoms with E-state index in [4.69, 9.17) is 14.9 Å². The Kier molecular flexibility index (Phi) is 6.35. The second-order valence-corrected chi connectivity index (χ2v) is 4.14. The number of methoxy groups -OCH3 is 1. The molecule has 3 N–H and O–H groups in total. The van der Waals surface area contributed by atoms with E-state index < -0.39 is 23.7 Å². The molecule has 1 aromatic carbocycles.